The van der Waals surface area contributed by atoms with E-state index in [9.17, 15) is 33.2 Å². The summed E-state index contributed by atoms with van der Waals surface area (Å²) in [6, 6.07) is 4.52. The molecule has 1 aromatic rings. The van der Waals surface area contributed by atoms with E-state index in [0.717, 1.165) is 28.6 Å². The van der Waals surface area contributed by atoms with E-state index in [1.54, 1.807) is 0 Å². The number of carboxylic acids is 1. The lowest BCUT2D eigenvalue weighted by atomic mass is 10.1. The van der Waals surface area contributed by atoms with Crippen LogP contribution in [-0.4, -0.2) is 63.7 Å². The molecule has 1 spiro atoms. The second kappa shape index (κ2) is 5.49. The van der Waals surface area contributed by atoms with Crippen LogP contribution in [0.1, 0.15) is 25.7 Å². The van der Waals surface area contributed by atoms with Crippen molar-refractivity contribution in [1.29, 1.82) is 0 Å². The minimum absolute atomic E-state index is 0.0000902. The van der Waals surface area contributed by atoms with E-state index >= 15 is 0 Å². The molecule has 3 aliphatic rings. The number of nitro groups is 1. The second-order valence-corrected chi connectivity index (χ2v) is 9.02. The van der Waals surface area contributed by atoms with Gasteiger partial charge >= 0.3 is 5.97 Å². The number of carbonyl (C=O) groups is 2. The van der Waals surface area contributed by atoms with Crippen molar-refractivity contribution in [3.05, 3.63) is 34.4 Å². The molecule has 2 aliphatic carbocycles. The Morgan fingerprint density at radius 2 is 1.70 bits per heavy atom. The maximum Gasteiger partial charge on any atom is 0.329 e. The fraction of sp³-hybridized carbons (Fsp3) is 0.500. The van der Waals surface area contributed by atoms with E-state index < -0.39 is 37.9 Å². The summed E-state index contributed by atoms with van der Waals surface area (Å²) < 4.78 is 27.2. The van der Waals surface area contributed by atoms with Gasteiger partial charge in [-0.2, -0.15) is 4.31 Å². The number of benzene rings is 1. The van der Waals surface area contributed by atoms with Gasteiger partial charge in [0.05, 0.1) is 9.82 Å². The van der Waals surface area contributed by atoms with Gasteiger partial charge in [0.15, 0.2) is 0 Å². The van der Waals surface area contributed by atoms with Crippen LogP contribution >= 0.6 is 0 Å². The molecule has 1 N–H and O–H groups in total. The highest BCUT2D eigenvalue weighted by Gasteiger charge is 2.68. The molecular formula is C16H17N3O7S. The summed E-state index contributed by atoms with van der Waals surface area (Å²) in [6.07, 6.45) is 1.42. The Hall–Kier alpha value is -2.53. The molecule has 1 saturated heterocycles. The zero-order chi connectivity index (χ0) is 19.6. The van der Waals surface area contributed by atoms with Crippen LogP contribution in [0.2, 0.25) is 0 Å². The van der Waals surface area contributed by atoms with Crippen LogP contribution < -0.4 is 0 Å². The predicted octanol–water partition coefficient (Wildman–Crippen LogP) is 0.578. The lowest BCUT2D eigenvalue weighted by Gasteiger charge is -2.42. The number of non-ortho nitro benzene ring substituents is 1. The molecule has 0 radical (unpaired) electrons. The standard InChI is InChI=1S/C16H17N3O7S/c20-13-15(5-6-15)18(10-9-17(13)16(7-8-16)14(21)22)27(25,26)12-3-1-11(2-4-12)19(23)24/h1-4H,5-10H2,(H,21,22). The molecule has 1 aromatic carbocycles. The summed E-state index contributed by atoms with van der Waals surface area (Å²) >= 11 is 0. The van der Waals surface area contributed by atoms with Gasteiger partial charge in [0.25, 0.3) is 5.69 Å². The van der Waals surface area contributed by atoms with Gasteiger partial charge in [-0.3, -0.25) is 14.9 Å². The van der Waals surface area contributed by atoms with Gasteiger partial charge < -0.3 is 10.0 Å². The third kappa shape index (κ3) is 2.45. The Morgan fingerprint density at radius 3 is 2.15 bits per heavy atom. The van der Waals surface area contributed by atoms with E-state index in [1.807, 2.05) is 0 Å². The predicted molar refractivity (Wildman–Crippen MR) is 90.3 cm³/mol. The molecule has 10 nitrogen and oxygen atoms in total. The van der Waals surface area contributed by atoms with Crippen molar-refractivity contribution in [1.82, 2.24) is 9.21 Å². The molecule has 0 unspecified atom stereocenters. The minimum atomic E-state index is -4.04. The van der Waals surface area contributed by atoms with Gasteiger partial charge in [-0.05, 0) is 37.8 Å². The van der Waals surface area contributed by atoms with Crippen molar-refractivity contribution >= 4 is 27.6 Å². The number of piperazine rings is 1. The van der Waals surface area contributed by atoms with Gasteiger partial charge in [-0.25, -0.2) is 13.2 Å². The Morgan fingerprint density at radius 1 is 1.11 bits per heavy atom. The molecule has 0 bridgehead atoms. The normalized spacial score (nSPS) is 23.3. The summed E-state index contributed by atoms with van der Waals surface area (Å²) in [5.74, 6) is -1.52. The average molecular weight is 395 g/mol. The summed E-state index contributed by atoms with van der Waals surface area (Å²) in [6.45, 7) is 0.0131. The quantitative estimate of drug-likeness (QED) is 0.568. The summed E-state index contributed by atoms with van der Waals surface area (Å²) in [5.41, 5.74) is -2.66. The first-order valence-electron chi connectivity index (χ1n) is 8.48. The Kier molecular flexibility index (Phi) is 3.63. The lowest BCUT2D eigenvalue weighted by Crippen LogP contribution is -2.64. The van der Waals surface area contributed by atoms with Gasteiger partial charge in [0.1, 0.15) is 11.1 Å². The molecule has 0 atom stereocenters. The second-order valence-electron chi connectivity index (χ2n) is 7.15. The Bertz CT molecular complexity index is 949. The fourth-order valence-corrected chi connectivity index (χ4v) is 5.57. The highest BCUT2D eigenvalue weighted by Crippen LogP contribution is 2.52. The van der Waals surface area contributed by atoms with Crippen molar-refractivity contribution in [3.63, 3.8) is 0 Å². The fourth-order valence-electron chi connectivity index (χ4n) is 3.79. The van der Waals surface area contributed by atoms with Crippen molar-refractivity contribution in [2.24, 2.45) is 0 Å². The maximum atomic E-state index is 13.0. The van der Waals surface area contributed by atoms with Gasteiger partial charge in [0.2, 0.25) is 15.9 Å². The van der Waals surface area contributed by atoms with Crippen molar-refractivity contribution in [3.8, 4) is 0 Å². The number of amides is 1. The first kappa shape index (κ1) is 17.9. The van der Waals surface area contributed by atoms with Crippen LogP contribution in [-0.2, 0) is 19.6 Å². The van der Waals surface area contributed by atoms with E-state index in [1.165, 1.54) is 4.90 Å². The van der Waals surface area contributed by atoms with Gasteiger partial charge in [-0.15, -0.1) is 0 Å². The van der Waals surface area contributed by atoms with Crippen LogP contribution in [0.3, 0.4) is 0 Å². The number of sulfonamides is 1. The zero-order valence-electron chi connectivity index (χ0n) is 14.2. The molecule has 11 heteroatoms. The van der Waals surface area contributed by atoms with Crippen LogP contribution in [0.15, 0.2) is 29.2 Å². The number of nitrogens with zero attached hydrogens (tertiary/aromatic N) is 3. The molecule has 0 aromatic heterocycles. The molecule has 1 aliphatic heterocycles. The Balaban J connectivity index is 1.64. The summed E-state index contributed by atoms with van der Waals surface area (Å²) in [4.78, 5) is 35.9. The summed E-state index contributed by atoms with van der Waals surface area (Å²) in [5, 5.41) is 20.2. The van der Waals surface area contributed by atoms with E-state index in [2.05, 4.69) is 0 Å². The van der Waals surface area contributed by atoms with E-state index in [4.69, 9.17) is 0 Å². The number of hydrogen-bond donors (Lipinski definition) is 1. The lowest BCUT2D eigenvalue weighted by molar-refractivity contribution is -0.384. The zero-order valence-corrected chi connectivity index (χ0v) is 15.0. The molecule has 2 saturated carbocycles. The molecule has 4 rings (SSSR count). The largest absolute Gasteiger partial charge is 0.479 e. The number of rotatable bonds is 5. The van der Waals surface area contributed by atoms with Gasteiger partial charge in [-0.1, -0.05) is 0 Å². The number of nitro benzene ring substituents is 1. The SMILES string of the molecule is O=C(O)C1(N2CCN(S(=O)(=O)c3ccc([N+](=O)[O-])cc3)C3(CC3)C2=O)CC1. The van der Waals surface area contributed by atoms with Crippen molar-refractivity contribution in [2.75, 3.05) is 13.1 Å². The molecule has 1 heterocycles. The highest BCUT2D eigenvalue weighted by atomic mass is 32.2. The third-order valence-electron chi connectivity index (χ3n) is 5.64. The van der Waals surface area contributed by atoms with Gasteiger partial charge in [0, 0.05) is 25.2 Å². The maximum absolute atomic E-state index is 13.0. The average Bonchev–Trinajstić information content (AvgIpc) is 3.52. The first-order chi connectivity index (χ1) is 12.6. The molecule has 1 amide bonds. The molecule has 3 fully saturated rings. The smallest absolute Gasteiger partial charge is 0.329 e. The van der Waals surface area contributed by atoms with E-state index in [0.29, 0.717) is 25.7 Å². The monoisotopic (exact) mass is 395 g/mol. The van der Waals surface area contributed by atoms with E-state index in [-0.39, 0.29) is 23.7 Å². The number of carboxylic acid groups (broad SMARTS) is 1. The minimum Gasteiger partial charge on any atom is -0.479 e. The van der Waals surface area contributed by atoms with Crippen molar-refractivity contribution < 1.29 is 28.0 Å². The topological polar surface area (TPSA) is 138 Å². The number of hydrogen-bond acceptors (Lipinski definition) is 6. The van der Waals surface area contributed by atoms with Crippen LogP contribution in [0.5, 0.6) is 0 Å². The number of aliphatic carboxylic acids is 1. The number of carbonyl (C=O) groups excluding carboxylic acids is 1. The molecule has 27 heavy (non-hydrogen) atoms. The summed E-state index contributed by atoms with van der Waals surface area (Å²) in [7, 11) is -4.04. The first-order valence-corrected chi connectivity index (χ1v) is 9.92. The highest BCUT2D eigenvalue weighted by molar-refractivity contribution is 7.89. The van der Waals surface area contributed by atoms with Crippen LogP contribution in [0, 0.1) is 10.1 Å². The molecule has 144 valence electrons. The Labute approximate surface area is 154 Å². The van der Waals surface area contributed by atoms with Crippen LogP contribution in [0.4, 0.5) is 5.69 Å². The third-order valence-corrected chi connectivity index (χ3v) is 7.63. The van der Waals surface area contributed by atoms with Crippen LogP contribution in [0.25, 0.3) is 0 Å². The van der Waals surface area contributed by atoms with Crippen molar-refractivity contribution in [2.45, 2.75) is 41.7 Å². The molecular weight excluding hydrogens is 378 g/mol.